The number of nitriles is 1. The first-order valence-electron chi connectivity index (χ1n) is 15.7. The number of ether oxygens (including phenoxy) is 4. The number of halogens is 1. The van der Waals surface area contributed by atoms with Gasteiger partial charge in [-0.25, -0.2) is 0 Å². The lowest BCUT2D eigenvalue weighted by atomic mass is 9.65. The first kappa shape index (κ1) is 34.3. The summed E-state index contributed by atoms with van der Waals surface area (Å²) < 4.78 is 24.8. The van der Waals surface area contributed by atoms with Crippen LogP contribution in [0, 0.1) is 16.7 Å². The van der Waals surface area contributed by atoms with E-state index in [-0.39, 0.29) is 36.4 Å². The number of hydrogen-bond donors (Lipinski definition) is 1. The van der Waals surface area contributed by atoms with Gasteiger partial charge in [-0.05, 0) is 35.8 Å². The zero-order chi connectivity index (χ0) is 33.3. The van der Waals surface area contributed by atoms with Crippen LogP contribution >= 0.6 is 11.6 Å². The highest BCUT2D eigenvalue weighted by Crippen LogP contribution is 2.49. The maximum atomic E-state index is 11.9. The normalized spacial score (nSPS) is 20.7. The van der Waals surface area contributed by atoms with Gasteiger partial charge in [-0.2, -0.15) is 5.26 Å². The van der Waals surface area contributed by atoms with Crippen LogP contribution in [-0.2, 0) is 16.1 Å². The number of carbonyl (C=O) groups is 1. The molecule has 0 bridgehead atoms. The molecule has 3 aromatic rings. The largest absolute Gasteiger partial charge is 0.488 e. The fourth-order valence-corrected chi connectivity index (χ4v) is 6.27. The van der Waals surface area contributed by atoms with Crippen molar-refractivity contribution in [1.29, 1.82) is 5.26 Å². The van der Waals surface area contributed by atoms with Crippen molar-refractivity contribution in [3.8, 4) is 17.6 Å². The van der Waals surface area contributed by atoms with Gasteiger partial charge in [-0.1, -0.05) is 67.9 Å². The van der Waals surface area contributed by atoms with Crippen LogP contribution < -0.4 is 9.47 Å². The minimum Gasteiger partial charge on any atom is -0.488 e. The van der Waals surface area contributed by atoms with Gasteiger partial charge >= 0.3 is 0 Å². The summed E-state index contributed by atoms with van der Waals surface area (Å²) in [4.78, 5) is 18.2. The molecule has 2 aromatic carbocycles. The summed E-state index contributed by atoms with van der Waals surface area (Å²) in [5, 5.41) is 19.3. The number of nitrogens with zero attached hydrogens (tertiary/aromatic N) is 3. The molecule has 1 aromatic heterocycles. The molecule has 1 fully saturated rings. The fourth-order valence-electron chi connectivity index (χ4n) is 6.04. The zero-order valence-electron chi connectivity index (χ0n) is 26.7. The van der Waals surface area contributed by atoms with Crippen molar-refractivity contribution in [3.05, 3.63) is 106 Å². The minimum atomic E-state index is -0.884. The van der Waals surface area contributed by atoms with Gasteiger partial charge in [-0.3, -0.25) is 14.7 Å². The predicted octanol–water partition coefficient (Wildman–Crippen LogP) is 5.90. The summed E-state index contributed by atoms with van der Waals surface area (Å²) in [6.07, 6.45) is 10.7. The van der Waals surface area contributed by atoms with Crippen LogP contribution in [0.4, 0.5) is 0 Å². The van der Waals surface area contributed by atoms with Gasteiger partial charge in [0.2, 0.25) is 0 Å². The van der Waals surface area contributed by atoms with E-state index in [4.69, 9.17) is 30.5 Å². The van der Waals surface area contributed by atoms with E-state index in [9.17, 15) is 15.2 Å². The molecule has 2 atom stereocenters. The summed E-state index contributed by atoms with van der Waals surface area (Å²) in [7, 11) is 0. The third kappa shape index (κ3) is 7.92. The Morgan fingerprint density at radius 2 is 2.00 bits per heavy atom. The molecular formula is C37H40ClN3O6. The van der Waals surface area contributed by atoms with Crippen molar-refractivity contribution >= 4 is 23.5 Å². The Morgan fingerprint density at radius 3 is 2.77 bits per heavy atom. The topological polar surface area (TPSA) is 114 Å². The maximum Gasteiger partial charge on any atom is 0.153 e. The highest BCUT2D eigenvalue weighted by molar-refractivity contribution is 6.32. The Labute approximate surface area is 281 Å². The molecule has 10 heteroatoms. The molecule has 0 saturated carbocycles. The second-order valence-electron chi connectivity index (χ2n) is 12.2. The molecule has 0 spiro atoms. The number of pyridine rings is 1. The summed E-state index contributed by atoms with van der Waals surface area (Å²) in [5.41, 5.74) is 2.16. The van der Waals surface area contributed by atoms with Gasteiger partial charge in [0.05, 0.1) is 42.0 Å². The molecule has 246 valence electrons. The molecule has 9 nitrogen and oxygen atoms in total. The number of aliphatic hydroxyl groups excluding tert-OH is 1. The SMILES string of the molecule is CC1(C)C(c2ccccc2)=CC=CC1(COc1cc(OCc2cncc(C#N)c2)c(C=O)cc1Cl)OCCCN1CCOCC1CO. The number of allylic oxidation sites excluding steroid dienone is 2. The second kappa shape index (κ2) is 15.7. The van der Waals surface area contributed by atoms with Crippen molar-refractivity contribution in [2.24, 2.45) is 5.41 Å². The van der Waals surface area contributed by atoms with E-state index >= 15 is 0 Å². The summed E-state index contributed by atoms with van der Waals surface area (Å²) >= 11 is 6.64. The molecule has 1 aliphatic carbocycles. The molecule has 0 radical (unpaired) electrons. The van der Waals surface area contributed by atoms with Crippen molar-refractivity contribution in [2.75, 3.05) is 46.1 Å². The third-order valence-electron chi connectivity index (χ3n) is 8.91. The molecular weight excluding hydrogens is 618 g/mol. The number of aldehydes is 1. The Kier molecular flexibility index (Phi) is 11.5. The van der Waals surface area contributed by atoms with Gasteiger partial charge in [0, 0.05) is 49.1 Å². The monoisotopic (exact) mass is 657 g/mol. The van der Waals surface area contributed by atoms with E-state index in [1.807, 2.05) is 30.4 Å². The summed E-state index contributed by atoms with van der Waals surface area (Å²) in [6, 6.07) is 17.1. The third-order valence-corrected chi connectivity index (χ3v) is 9.20. The highest BCUT2D eigenvalue weighted by atomic mass is 35.5. The average Bonchev–Trinajstić information content (AvgIpc) is 3.10. The Balaban J connectivity index is 1.37. The van der Waals surface area contributed by atoms with Crippen molar-refractivity contribution in [1.82, 2.24) is 9.88 Å². The smallest absolute Gasteiger partial charge is 0.153 e. The number of aliphatic hydroxyl groups is 1. The molecule has 2 aliphatic rings. The lowest BCUT2D eigenvalue weighted by Crippen LogP contribution is -2.52. The van der Waals surface area contributed by atoms with Gasteiger partial charge in [0.1, 0.15) is 36.4 Å². The predicted molar refractivity (Wildman–Crippen MR) is 180 cm³/mol. The van der Waals surface area contributed by atoms with E-state index in [0.717, 1.165) is 30.6 Å². The summed E-state index contributed by atoms with van der Waals surface area (Å²) in [5.74, 6) is 0.641. The van der Waals surface area contributed by atoms with Crippen molar-refractivity contribution < 1.29 is 28.8 Å². The number of aromatic nitrogens is 1. The quantitative estimate of drug-likeness (QED) is 0.167. The van der Waals surface area contributed by atoms with E-state index in [1.54, 1.807) is 18.3 Å². The Morgan fingerprint density at radius 1 is 1.17 bits per heavy atom. The van der Waals surface area contributed by atoms with Gasteiger partial charge in [0.25, 0.3) is 0 Å². The number of rotatable bonds is 14. The average molecular weight is 658 g/mol. The van der Waals surface area contributed by atoms with Gasteiger partial charge in [0.15, 0.2) is 6.29 Å². The molecule has 5 rings (SSSR count). The van der Waals surface area contributed by atoms with Crippen LogP contribution in [0.25, 0.3) is 5.57 Å². The maximum absolute atomic E-state index is 11.9. The molecule has 0 amide bonds. The molecule has 1 saturated heterocycles. The van der Waals surface area contributed by atoms with Crippen LogP contribution in [0.2, 0.25) is 5.02 Å². The highest BCUT2D eigenvalue weighted by Gasteiger charge is 2.49. The van der Waals surface area contributed by atoms with Crippen LogP contribution in [0.3, 0.4) is 0 Å². The van der Waals surface area contributed by atoms with E-state index < -0.39 is 11.0 Å². The Hall–Kier alpha value is -4.04. The second-order valence-corrected chi connectivity index (χ2v) is 12.6. The van der Waals surface area contributed by atoms with Crippen LogP contribution in [0.1, 0.15) is 47.3 Å². The van der Waals surface area contributed by atoms with Crippen molar-refractivity contribution in [3.63, 3.8) is 0 Å². The van der Waals surface area contributed by atoms with Gasteiger partial charge < -0.3 is 24.1 Å². The number of morpholine rings is 1. The van der Waals surface area contributed by atoms with Crippen LogP contribution in [0.15, 0.2) is 79.2 Å². The van der Waals surface area contributed by atoms with Crippen LogP contribution in [-0.4, -0.2) is 79.0 Å². The first-order chi connectivity index (χ1) is 22.8. The molecule has 2 heterocycles. The molecule has 1 aliphatic heterocycles. The zero-order valence-corrected chi connectivity index (χ0v) is 27.5. The fraction of sp³-hybridized carbons (Fsp3) is 0.378. The number of carbonyl (C=O) groups excluding carboxylic acids is 1. The van der Waals surface area contributed by atoms with Crippen molar-refractivity contribution in [2.45, 2.75) is 38.5 Å². The van der Waals surface area contributed by atoms with E-state index in [1.165, 1.54) is 12.3 Å². The lowest BCUT2D eigenvalue weighted by molar-refractivity contribution is -0.0957. The number of hydrogen-bond acceptors (Lipinski definition) is 9. The molecule has 1 N–H and O–H groups in total. The minimum absolute atomic E-state index is 0.0147. The molecule has 47 heavy (non-hydrogen) atoms. The van der Waals surface area contributed by atoms with Gasteiger partial charge in [-0.15, -0.1) is 0 Å². The first-order valence-corrected chi connectivity index (χ1v) is 16.1. The van der Waals surface area contributed by atoms with E-state index in [0.29, 0.717) is 48.7 Å². The lowest BCUT2D eigenvalue weighted by Gasteiger charge is -2.47. The number of benzene rings is 2. The standard InChI is InChI=1S/C37H40ClN3O6/c1-36(2)32(29-8-4-3-5-9-29)10-6-11-37(36,47-14-7-12-41-13-15-44-25-31(41)23-43)26-46-35-18-34(30(22-42)17-33(35)38)45-24-28-16-27(19-39)20-40-21-28/h3-6,8-11,16-18,20-22,31,43H,7,12-15,23-26H2,1-2H3. The van der Waals surface area contributed by atoms with E-state index in [2.05, 4.69) is 48.0 Å². The molecule has 2 unspecified atom stereocenters. The summed E-state index contributed by atoms with van der Waals surface area (Å²) in [6.45, 7) is 7.74. The van der Waals surface area contributed by atoms with Crippen LogP contribution in [0.5, 0.6) is 11.5 Å². The Bertz CT molecular complexity index is 1640.